The van der Waals surface area contributed by atoms with E-state index >= 15 is 0 Å². The van der Waals surface area contributed by atoms with Crippen molar-refractivity contribution in [1.82, 2.24) is 20.0 Å². The fraction of sp³-hybridized carbons (Fsp3) is 0.333. The zero-order valence-electron chi connectivity index (χ0n) is 18.9. The average molecular weight is 485 g/mol. The van der Waals surface area contributed by atoms with E-state index in [4.69, 9.17) is 20.8 Å². The van der Waals surface area contributed by atoms with Gasteiger partial charge >= 0.3 is 5.97 Å². The highest BCUT2D eigenvalue weighted by molar-refractivity contribution is 6.30. The molecule has 1 atom stereocenters. The molecule has 2 aromatic heterocycles. The average Bonchev–Trinajstić information content (AvgIpc) is 3.48. The van der Waals surface area contributed by atoms with Gasteiger partial charge in [-0.15, -0.1) is 0 Å². The van der Waals surface area contributed by atoms with E-state index < -0.39 is 17.4 Å². The van der Waals surface area contributed by atoms with Crippen molar-refractivity contribution in [1.29, 1.82) is 0 Å². The lowest BCUT2D eigenvalue weighted by molar-refractivity contribution is -0.133. The monoisotopic (exact) mass is 484 g/mol. The Morgan fingerprint density at radius 2 is 2.03 bits per heavy atom. The summed E-state index contributed by atoms with van der Waals surface area (Å²) < 4.78 is 11.8. The number of nitrogens with zero attached hydrogens (tertiary/aromatic N) is 3. The van der Waals surface area contributed by atoms with Gasteiger partial charge in [0.25, 0.3) is 5.91 Å². The topological polar surface area (TPSA) is 107 Å². The molecule has 0 saturated carbocycles. The molecule has 3 aromatic rings. The van der Waals surface area contributed by atoms with Gasteiger partial charge in [0, 0.05) is 30.6 Å². The molecule has 10 heteroatoms. The molecule has 0 aliphatic carbocycles. The number of rotatable bonds is 8. The summed E-state index contributed by atoms with van der Waals surface area (Å²) >= 11 is 5.94. The lowest BCUT2D eigenvalue weighted by Gasteiger charge is -2.43. The summed E-state index contributed by atoms with van der Waals surface area (Å²) in [6.45, 7) is 4.17. The smallest absolute Gasteiger partial charge is 0.358 e. The van der Waals surface area contributed by atoms with Crippen LogP contribution in [0.1, 0.15) is 46.1 Å². The number of carbonyl (C=O) groups excluding carboxylic acids is 3. The van der Waals surface area contributed by atoms with Gasteiger partial charge in [-0.25, -0.2) is 4.79 Å². The van der Waals surface area contributed by atoms with Gasteiger partial charge in [-0.2, -0.15) is 5.10 Å². The van der Waals surface area contributed by atoms with Gasteiger partial charge in [0.1, 0.15) is 17.0 Å². The fourth-order valence-electron chi connectivity index (χ4n) is 3.95. The molecule has 2 amide bonds. The van der Waals surface area contributed by atoms with Crippen LogP contribution in [0.15, 0.2) is 53.1 Å². The Balaban J connectivity index is 1.61. The standard InChI is InChI=1S/C24H25ClN4O5/c1-3-33-22(31)19-13-20-21(30)28(11-10-18-5-4-12-34-18)24(2,15-29(20)27-19)23(32)26-14-16-6-8-17(25)9-7-16/h4-9,12-13H,3,10-11,14-15H2,1-2H3,(H,26,32)/t24-/m0/s1. The third-order valence-electron chi connectivity index (χ3n) is 5.80. The second-order valence-electron chi connectivity index (χ2n) is 8.16. The molecular formula is C24H25ClN4O5. The van der Waals surface area contributed by atoms with E-state index in [0.29, 0.717) is 17.2 Å². The molecule has 0 fully saturated rings. The summed E-state index contributed by atoms with van der Waals surface area (Å²) in [5.41, 5.74) is -0.122. The Morgan fingerprint density at radius 1 is 1.26 bits per heavy atom. The van der Waals surface area contributed by atoms with Crippen LogP contribution in [0.25, 0.3) is 0 Å². The number of ether oxygens (including phenoxy) is 1. The van der Waals surface area contributed by atoms with E-state index in [-0.39, 0.29) is 43.5 Å². The maximum absolute atomic E-state index is 13.5. The summed E-state index contributed by atoms with van der Waals surface area (Å²) in [6, 6.07) is 12.1. The van der Waals surface area contributed by atoms with Crippen molar-refractivity contribution in [3.8, 4) is 0 Å². The maximum atomic E-state index is 13.5. The summed E-state index contributed by atoms with van der Waals surface area (Å²) in [4.78, 5) is 40.6. The second kappa shape index (κ2) is 9.72. The normalized spacial score (nSPS) is 17.4. The molecule has 178 valence electrons. The SMILES string of the molecule is CCOC(=O)c1cc2n(n1)C[C@@](C)(C(=O)NCc1ccc(Cl)cc1)N(CCc1ccco1)C2=O. The highest BCUT2D eigenvalue weighted by Gasteiger charge is 2.48. The van der Waals surface area contributed by atoms with Gasteiger partial charge in [0.15, 0.2) is 5.69 Å². The summed E-state index contributed by atoms with van der Waals surface area (Å²) in [6.07, 6.45) is 1.99. The maximum Gasteiger partial charge on any atom is 0.358 e. The Bertz CT molecular complexity index is 1190. The molecule has 0 bridgehead atoms. The lowest BCUT2D eigenvalue weighted by Crippen LogP contribution is -2.64. The van der Waals surface area contributed by atoms with Crippen LogP contribution >= 0.6 is 11.6 Å². The second-order valence-corrected chi connectivity index (χ2v) is 8.60. The number of furan rings is 1. The molecule has 4 rings (SSSR count). The molecule has 1 aliphatic heterocycles. The molecule has 1 aromatic carbocycles. The van der Waals surface area contributed by atoms with Gasteiger partial charge in [0.05, 0.1) is 19.4 Å². The predicted octanol–water partition coefficient (Wildman–Crippen LogP) is 3.08. The Kier molecular flexibility index (Phi) is 6.74. The number of amides is 2. The summed E-state index contributed by atoms with van der Waals surface area (Å²) in [5, 5.41) is 7.78. The highest BCUT2D eigenvalue weighted by Crippen LogP contribution is 2.28. The van der Waals surface area contributed by atoms with Crippen molar-refractivity contribution in [3.05, 3.63) is 76.5 Å². The molecule has 9 nitrogen and oxygen atoms in total. The van der Waals surface area contributed by atoms with Crippen LogP contribution in [0, 0.1) is 0 Å². The van der Waals surface area contributed by atoms with Crippen LogP contribution in [-0.2, 0) is 29.0 Å². The van der Waals surface area contributed by atoms with Gasteiger partial charge in [-0.1, -0.05) is 23.7 Å². The number of benzene rings is 1. The molecule has 0 unspecified atom stereocenters. The molecule has 0 saturated heterocycles. The highest BCUT2D eigenvalue weighted by atomic mass is 35.5. The van der Waals surface area contributed by atoms with Crippen LogP contribution in [-0.4, -0.2) is 51.2 Å². The van der Waals surface area contributed by atoms with E-state index in [9.17, 15) is 14.4 Å². The van der Waals surface area contributed by atoms with Gasteiger partial charge in [-0.05, 0) is 43.7 Å². The first kappa shape index (κ1) is 23.6. The largest absolute Gasteiger partial charge is 0.469 e. The van der Waals surface area contributed by atoms with Crippen LogP contribution < -0.4 is 5.32 Å². The van der Waals surface area contributed by atoms with E-state index in [1.54, 1.807) is 38.3 Å². The molecular weight excluding hydrogens is 460 g/mol. The number of esters is 1. The van der Waals surface area contributed by atoms with Crippen molar-refractivity contribution >= 4 is 29.4 Å². The zero-order valence-corrected chi connectivity index (χ0v) is 19.7. The van der Waals surface area contributed by atoms with Gasteiger partial charge in [0.2, 0.25) is 5.91 Å². The Hall–Kier alpha value is -3.59. The van der Waals surface area contributed by atoms with Crippen molar-refractivity contribution in [2.75, 3.05) is 13.2 Å². The minimum Gasteiger partial charge on any atom is -0.469 e. The molecule has 0 radical (unpaired) electrons. The first-order chi connectivity index (χ1) is 16.3. The molecule has 1 aliphatic rings. The summed E-state index contributed by atoms with van der Waals surface area (Å²) in [5.74, 6) is -0.657. The Labute approximate surface area is 201 Å². The van der Waals surface area contributed by atoms with Crippen LogP contribution in [0.3, 0.4) is 0 Å². The minimum atomic E-state index is -1.25. The number of fused-ring (bicyclic) bond motifs is 1. The van der Waals surface area contributed by atoms with Crippen molar-refractivity contribution in [2.24, 2.45) is 0 Å². The minimum absolute atomic E-state index is 0.0296. The number of aromatic nitrogens is 2. The number of carbonyl (C=O) groups is 3. The molecule has 1 N–H and O–H groups in total. The van der Waals surface area contributed by atoms with E-state index in [1.807, 2.05) is 18.2 Å². The van der Waals surface area contributed by atoms with Crippen molar-refractivity contribution in [2.45, 2.75) is 38.9 Å². The molecule has 3 heterocycles. The first-order valence-electron chi connectivity index (χ1n) is 10.9. The number of halogens is 1. The van der Waals surface area contributed by atoms with Crippen molar-refractivity contribution in [3.63, 3.8) is 0 Å². The van der Waals surface area contributed by atoms with Crippen LogP contribution in [0.2, 0.25) is 5.02 Å². The van der Waals surface area contributed by atoms with Gasteiger partial charge < -0.3 is 19.4 Å². The van der Waals surface area contributed by atoms with E-state index in [0.717, 1.165) is 5.56 Å². The van der Waals surface area contributed by atoms with Crippen LogP contribution in [0.4, 0.5) is 0 Å². The third-order valence-corrected chi connectivity index (χ3v) is 6.05. The van der Waals surface area contributed by atoms with E-state index in [1.165, 1.54) is 15.6 Å². The fourth-order valence-corrected chi connectivity index (χ4v) is 4.07. The number of nitrogens with one attached hydrogen (secondary N) is 1. The van der Waals surface area contributed by atoms with E-state index in [2.05, 4.69) is 10.4 Å². The quantitative estimate of drug-likeness (QED) is 0.492. The Morgan fingerprint density at radius 3 is 2.71 bits per heavy atom. The van der Waals surface area contributed by atoms with Crippen LogP contribution in [0.5, 0.6) is 0 Å². The van der Waals surface area contributed by atoms with Crippen molar-refractivity contribution < 1.29 is 23.5 Å². The zero-order chi connectivity index (χ0) is 24.3. The molecule has 34 heavy (non-hydrogen) atoms. The van der Waals surface area contributed by atoms with Gasteiger partial charge in [-0.3, -0.25) is 14.3 Å². The number of hydrogen-bond donors (Lipinski definition) is 1. The third kappa shape index (κ3) is 4.70. The first-order valence-corrected chi connectivity index (χ1v) is 11.3. The predicted molar refractivity (Wildman–Crippen MR) is 123 cm³/mol. The summed E-state index contributed by atoms with van der Waals surface area (Å²) in [7, 11) is 0. The number of hydrogen-bond acceptors (Lipinski definition) is 6. The lowest BCUT2D eigenvalue weighted by atomic mass is 9.94. The molecule has 0 spiro atoms.